The Hall–Kier alpha value is -0.640. The lowest BCUT2D eigenvalue weighted by Crippen LogP contribution is -2.20. The van der Waals surface area contributed by atoms with Gasteiger partial charge in [-0.2, -0.15) is 0 Å². The first-order valence-electron chi connectivity index (χ1n) is 5.24. The SMILES string of the molecule is O=C(OCCF)C1C[C@H]2CNC[C@H]2C1. The third-order valence-electron chi connectivity index (χ3n) is 3.31. The lowest BCUT2D eigenvalue weighted by molar-refractivity contribution is -0.148. The van der Waals surface area contributed by atoms with Gasteiger partial charge in [0.15, 0.2) is 0 Å². The molecule has 1 saturated heterocycles. The van der Waals surface area contributed by atoms with Crippen molar-refractivity contribution in [2.24, 2.45) is 17.8 Å². The van der Waals surface area contributed by atoms with Gasteiger partial charge >= 0.3 is 5.97 Å². The van der Waals surface area contributed by atoms with E-state index in [1.165, 1.54) is 0 Å². The molecule has 0 aromatic heterocycles. The van der Waals surface area contributed by atoms with Crippen LogP contribution in [0.1, 0.15) is 12.8 Å². The molecule has 1 aliphatic carbocycles. The van der Waals surface area contributed by atoms with E-state index in [4.69, 9.17) is 4.74 Å². The number of carbonyl (C=O) groups is 1. The molecular weight excluding hydrogens is 185 g/mol. The van der Waals surface area contributed by atoms with E-state index in [0.717, 1.165) is 25.9 Å². The number of esters is 1. The minimum absolute atomic E-state index is 0.0265. The maximum absolute atomic E-state index is 11.8. The Morgan fingerprint density at radius 2 is 2.00 bits per heavy atom. The van der Waals surface area contributed by atoms with Crippen LogP contribution in [0.25, 0.3) is 0 Å². The Morgan fingerprint density at radius 1 is 1.36 bits per heavy atom. The summed E-state index contributed by atoms with van der Waals surface area (Å²) in [5.74, 6) is 1.10. The summed E-state index contributed by atoms with van der Waals surface area (Å²) in [5, 5.41) is 3.31. The lowest BCUT2D eigenvalue weighted by Gasteiger charge is -2.09. The molecule has 2 rings (SSSR count). The summed E-state index contributed by atoms with van der Waals surface area (Å²) in [5.41, 5.74) is 0. The highest BCUT2D eigenvalue weighted by molar-refractivity contribution is 5.72. The molecule has 0 amide bonds. The Morgan fingerprint density at radius 3 is 2.57 bits per heavy atom. The monoisotopic (exact) mass is 201 g/mol. The standard InChI is InChI=1S/C10H16FNO2/c11-1-2-14-10(13)7-3-8-5-12-6-9(8)4-7/h7-9,12H,1-6H2/t7?,8-,9+. The van der Waals surface area contributed by atoms with Crippen LogP contribution in [-0.2, 0) is 9.53 Å². The van der Waals surface area contributed by atoms with Gasteiger partial charge < -0.3 is 10.1 Å². The van der Waals surface area contributed by atoms with Crippen LogP contribution in [0.2, 0.25) is 0 Å². The topological polar surface area (TPSA) is 38.3 Å². The molecule has 4 heteroatoms. The zero-order valence-corrected chi connectivity index (χ0v) is 8.17. The zero-order valence-electron chi connectivity index (χ0n) is 8.17. The van der Waals surface area contributed by atoms with Gasteiger partial charge in [0.05, 0.1) is 5.92 Å². The van der Waals surface area contributed by atoms with Crippen molar-refractivity contribution in [3.05, 3.63) is 0 Å². The Balaban J connectivity index is 1.80. The van der Waals surface area contributed by atoms with E-state index in [1.54, 1.807) is 0 Å². The Bertz CT molecular complexity index is 210. The molecule has 14 heavy (non-hydrogen) atoms. The molecular formula is C10H16FNO2. The molecule has 1 unspecified atom stereocenters. The third kappa shape index (κ3) is 1.90. The number of fused-ring (bicyclic) bond motifs is 1. The molecule has 1 aliphatic heterocycles. The molecule has 2 fully saturated rings. The second-order valence-corrected chi connectivity index (χ2v) is 4.20. The van der Waals surface area contributed by atoms with Gasteiger partial charge in [-0.15, -0.1) is 0 Å². The molecule has 0 aromatic rings. The second kappa shape index (κ2) is 4.26. The number of halogens is 1. The molecule has 0 bridgehead atoms. The van der Waals surface area contributed by atoms with Gasteiger partial charge in [0.2, 0.25) is 0 Å². The summed E-state index contributed by atoms with van der Waals surface area (Å²) in [6.07, 6.45) is 1.84. The molecule has 0 radical (unpaired) electrons. The van der Waals surface area contributed by atoms with Crippen molar-refractivity contribution in [2.45, 2.75) is 12.8 Å². The second-order valence-electron chi connectivity index (χ2n) is 4.20. The van der Waals surface area contributed by atoms with Crippen molar-refractivity contribution in [3.63, 3.8) is 0 Å². The highest BCUT2D eigenvalue weighted by Gasteiger charge is 2.40. The molecule has 2 aliphatic rings. The summed E-state index contributed by atoms with van der Waals surface area (Å²) in [7, 11) is 0. The number of alkyl halides is 1. The Kier molecular flexibility index (Phi) is 3.01. The van der Waals surface area contributed by atoms with Gasteiger partial charge in [0.1, 0.15) is 13.3 Å². The fourth-order valence-corrected chi connectivity index (χ4v) is 2.62. The minimum Gasteiger partial charge on any atom is -0.463 e. The van der Waals surface area contributed by atoms with Crippen molar-refractivity contribution in [1.29, 1.82) is 0 Å². The van der Waals surface area contributed by atoms with Crippen LogP contribution in [0.5, 0.6) is 0 Å². The van der Waals surface area contributed by atoms with E-state index in [9.17, 15) is 9.18 Å². The van der Waals surface area contributed by atoms with E-state index >= 15 is 0 Å². The van der Waals surface area contributed by atoms with Gasteiger partial charge in [0.25, 0.3) is 0 Å². The van der Waals surface area contributed by atoms with Gasteiger partial charge in [-0.1, -0.05) is 0 Å². The quantitative estimate of drug-likeness (QED) is 0.685. The zero-order chi connectivity index (χ0) is 9.97. The molecule has 3 atom stereocenters. The van der Waals surface area contributed by atoms with Crippen molar-refractivity contribution in [3.8, 4) is 0 Å². The molecule has 3 nitrogen and oxygen atoms in total. The van der Waals surface area contributed by atoms with Crippen molar-refractivity contribution < 1.29 is 13.9 Å². The van der Waals surface area contributed by atoms with Gasteiger partial charge in [-0.25, -0.2) is 4.39 Å². The summed E-state index contributed by atoms with van der Waals surface area (Å²) in [6.45, 7) is 1.39. The van der Waals surface area contributed by atoms with E-state index in [0.29, 0.717) is 11.8 Å². The maximum Gasteiger partial charge on any atom is 0.309 e. The largest absolute Gasteiger partial charge is 0.463 e. The summed E-state index contributed by atoms with van der Waals surface area (Å²) >= 11 is 0. The van der Waals surface area contributed by atoms with Crippen LogP contribution in [0.15, 0.2) is 0 Å². The lowest BCUT2D eigenvalue weighted by atomic mass is 10.0. The van der Waals surface area contributed by atoms with Crippen molar-refractivity contribution >= 4 is 5.97 Å². The molecule has 1 saturated carbocycles. The minimum atomic E-state index is -0.577. The number of nitrogens with one attached hydrogen (secondary N) is 1. The van der Waals surface area contributed by atoms with E-state index < -0.39 is 6.67 Å². The fraction of sp³-hybridized carbons (Fsp3) is 0.900. The van der Waals surface area contributed by atoms with Crippen molar-refractivity contribution in [2.75, 3.05) is 26.4 Å². The van der Waals surface area contributed by atoms with Crippen molar-refractivity contribution in [1.82, 2.24) is 5.32 Å². The van der Waals surface area contributed by atoms with Crippen LogP contribution in [0, 0.1) is 17.8 Å². The number of hydrogen-bond donors (Lipinski definition) is 1. The van der Waals surface area contributed by atoms with Gasteiger partial charge in [0, 0.05) is 0 Å². The normalized spacial score (nSPS) is 35.6. The summed E-state index contributed by atoms with van der Waals surface area (Å²) in [6, 6.07) is 0. The van der Waals surface area contributed by atoms with Crippen LogP contribution in [-0.4, -0.2) is 32.3 Å². The first-order valence-corrected chi connectivity index (χ1v) is 5.24. The van der Waals surface area contributed by atoms with E-state index in [2.05, 4.69) is 5.32 Å². The van der Waals surface area contributed by atoms with E-state index in [-0.39, 0.29) is 18.5 Å². The molecule has 80 valence electrons. The first kappa shape index (κ1) is 9.90. The highest BCUT2D eigenvalue weighted by atomic mass is 19.1. The van der Waals surface area contributed by atoms with Crippen LogP contribution < -0.4 is 5.32 Å². The van der Waals surface area contributed by atoms with Crippen LogP contribution in [0.3, 0.4) is 0 Å². The van der Waals surface area contributed by atoms with Crippen LogP contribution in [0.4, 0.5) is 4.39 Å². The van der Waals surface area contributed by atoms with Gasteiger partial charge in [-0.3, -0.25) is 4.79 Å². The number of hydrogen-bond acceptors (Lipinski definition) is 3. The number of ether oxygens (including phenoxy) is 1. The van der Waals surface area contributed by atoms with Gasteiger partial charge in [-0.05, 0) is 37.8 Å². The molecule has 0 spiro atoms. The first-order chi connectivity index (χ1) is 6.81. The Labute approximate surface area is 83.0 Å². The fourth-order valence-electron chi connectivity index (χ4n) is 2.62. The number of rotatable bonds is 3. The summed E-state index contributed by atoms with van der Waals surface area (Å²) in [4.78, 5) is 11.4. The van der Waals surface area contributed by atoms with E-state index in [1.807, 2.05) is 0 Å². The molecule has 1 N–H and O–H groups in total. The average Bonchev–Trinajstić information content (AvgIpc) is 2.72. The molecule has 1 heterocycles. The number of carbonyl (C=O) groups excluding carboxylic acids is 1. The predicted octanol–water partition coefficient (Wildman–Crippen LogP) is 0.745. The maximum atomic E-state index is 11.8. The average molecular weight is 201 g/mol. The highest BCUT2D eigenvalue weighted by Crippen LogP contribution is 2.38. The predicted molar refractivity (Wildman–Crippen MR) is 49.5 cm³/mol. The molecule has 0 aromatic carbocycles. The smallest absolute Gasteiger partial charge is 0.309 e. The van der Waals surface area contributed by atoms with Crippen LogP contribution >= 0.6 is 0 Å². The summed E-state index contributed by atoms with van der Waals surface area (Å²) < 4.78 is 16.6. The third-order valence-corrected chi connectivity index (χ3v) is 3.31.